The van der Waals surface area contributed by atoms with E-state index in [4.69, 9.17) is 23.2 Å². The predicted molar refractivity (Wildman–Crippen MR) is 80.8 cm³/mol. The Hall–Kier alpha value is -0.280. The number of rotatable bonds is 4. The second kappa shape index (κ2) is 6.94. The predicted octanol–water partition coefficient (Wildman–Crippen LogP) is 4.17. The monoisotopic (exact) mass is 301 g/mol. The number of aliphatic hydroxyl groups is 1. The van der Waals surface area contributed by atoms with Gasteiger partial charge in [-0.25, -0.2) is 0 Å². The molecule has 1 saturated carbocycles. The number of benzene rings is 1. The molecule has 0 radical (unpaired) electrons. The molecular weight excluding hydrogens is 281 g/mol. The van der Waals surface area contributed by atoms with E-state index in [1.165, 1.54) is 12.8 Å². The molecule has 0 atom stereocenters. The van der Waals surface area contributed by atoms with Gasteiger partial charge in [-0.3, -0.25) is 0 Å². The van der Waals surface area contributed by atoms with E-state index in [-0.39, 0.29) is 0 Å². The summed E-state index contributed by atoms with van der Waals surface area (Å²) >= 11 is 12.2. The second-order valence-electron chi connectivity index (χ2n) is 5.44. The molecule has 106 valence electrons. The molecular formula is C15H21Cl2NO. The summed E-state index contributed by atoms with van der Waals surface area (Å²) in [6.07, 6.45) is 6.47. The van der Waals surface area contributed by atoms with Crippen molar-refractivity contribution in [2.24, 2.45) is 0 Å². The van der Waals surface area contributed by atoms with Gasteiger partial charge < -0.3 is 10.4 Å². The van der Waals surface area contributed by atoms with Crippen molar-refractivity contribution >= 4 is 23.2 Å². The normalized spacial score (nSPS) is 19.1. The third kappa shape index (κ3) is 4.35. The smallest absolute Gasteiger partial charge is 0.0771 e. The standard InChI is InChI=1S/C15H21Cl2NO/c16-13-6-5-7-14(17)12(13)10-18-11-15(19)8-3-1-2-4-9-15/h5-7,18-19H,1-4,8-11H2. The van der Waals surface area contributed by atoms with Crippen molar-refractivity contribution in [3.63, 3.8) is 0 Å². The van der Waals surface area contributed by atoms with Crippen molar-refractivity contribution in [1.82, 2.24) is 5.32 Å². The van der Waals surface area contributed by atoms with E-state index in [0.29, 0.717) is 23.1 Å². The van der Waals surface area contributed by atoms with Crippen LogP contribution in [0.1, 0.15) is 44.1 Å². The fourth-order valence-corrected chi connectivity index (χ4v) is 3.22. The second-order valence-corrected chi connectivity index (χ2v) is 6.26. The van der Waals surface area contributed by atoms with Crippen LogP contribution in [0.5, 0.6) is 0 Å². The van der Waals surface area contributed by atoms with Crippen LogP contribution in [-0.2, 0) is 6.54 Å². The van der Waals surface area contributed by atoms with Crippen LogP contribution in [0.15, 0.2) is 18.2 Å². The summed E-state index contributed by atoms with van der Waals surface area (Å²) in [6.45, 7) is 1.20. The zero-order valence-electron chi connectivity index (χ0n) is 11.1. The van der Waals surface area contributed by atoms with Gasteiger partial charge in [-0.15, -0.1) is 0 Å². The van der Waals surface area contributed by atoms with Crippen LogP contribution in [0, 0.1) is 0 Å². The Balaban J connectivity index is 1.89. The third-order valence-electron chi connectivity index (χ3n) is 3.85. The number of hydrogen-bond donors (Lipinski definition) is 2. The van der Waals surface area contributed by atoms with Gasteiger partial charge >= 0.3 is 0 Å². The van der Waals surface area contributed by atoms with E-state index in [1.807, 2.05) is 18.2 Å². The minimum absolute atomic E-state index is 0.565. The van der Waals surface area contributed by atoms with E-state index < -0.39 is 5.60 Å². The van der Waals surface area contributed by atoms with Crippen molar-refractivity contribution in [2.75, 3.05) is 6.54 Å². The summed E-state index contributed by atoms with van der Waals surface area (Å²) in [5, 5.41) is 15.2. The maximum atomic E-state index is 10.5. The fourth-order valence-electron chi connectivity index (χ4n) is 2.68. The SMILES string of the molecule is OC1(CNCc2c(Cl)cccc2Cl)CCCCCC1. The summed E-state index contributed by atoms with van der Waals surface area (Å²) < 4.78 is 0. The zero-order valence-corrected chi connectivity index (χ0v) is 12.6. The van der Waals surface area contributed by atoms with E-state index in [2.05, 4.69) is 5.32 Å². The van der Waals surface area contributed by atoms with Gasteiger partial charge in [0.15, 0.2) is 0 Å². The van der Waals surface area contributed by atoms with Crippen molar-refractivity contribution < 1.29 is 5.11 Å². The molecule has 0 amide bonds. The lowest BCUT2D eigenvalue weighted by Gasteiger charge is -2.27. The highest BCUT2D eigenvalue weighted by atomic mass is 35.5. The molecule has 1 aliphatic carbocycles. The van der Waals surface area contributed by atoms with Gasteiger partial charge in [0, 0.05) is 28.7 Å². The summed E-state index contributed by atoms with van der Waals surface area (Å²) in [4.78, 5) is 0. The van der Waals surface area contributed by atoms with Crippen LogP contribution in [-0.4, -0.2) is 17.3 Å². The van der Waals surface area contributed by atoms with Crippen molar-refractivity contribution in [3.8, 4) is 0 Å². The van der Waals surface area contributed by atoms with Crippen LogP contribution in [0.3, 0.4) is 0 Å². The van der Waals surface area contributed by atoms with Crippen LogP contribution in [0.25, 0.3) is 0 Å². The molecule has 0 bridgehead atoms. The highest BCUT2D eigenvalue weighted by Crippen LogP contribution is 2.27. The van der Waals surface area contributed by atoms with E-state index in [1.54, 1.807) is 0 Å². The summed E-state index contributed by atoms with van der Waals surface area (Å²) in [5.74, 6) is 0. The maximum Gasteiger partial charge on any atom is 0.0771 e. The summed E-state index contributed by atoms with van der Waals surface area (Å²) in [5.41, 5.74) is 0.340. The summed E-state index contributed by atoms with van der Waals surface area (Å²) in [6, 6.07) is 5.52. The van der Waals surface area contributed by atoms with Crippen molar-refractivity contribution in [1.29, 1.82) is 0 Å². The molecule has 1 fully saturated rings. The lowest BCUT2D eigenvalue weighted by Crippen LogP contribution is -2.40. The first-order valence-corrected chi connectivity index (χ1v) is 7.72. The van der Waals surface area contributed by atoms with Gasteiger partial charge in [-0.2, -0.15) is 0 Å². The quantitative estimate of drug-likeness (QED) is 0.818. The van der Waals surface area contributed by atoms with Gasteiger partial charge in [0.1, 0.15) is 0 Å². The van der Waals surface area contributed by atoms with E-state index >= 15 is 0 Å². The van der Waals surface area contributed by atoms with E-state index in [0.717, 1.165) is 31.2 Å². The lowest BCUT2D eigenvalue weighted by atomic mass is 9.94. The van der Waals surface area contributed by atoms with Crippen molar-refractivity contribution in [2.45, 2.75) is 50.7 Å². The van der Waals surface area contributed by atoms with E-state index in [9.17, 15) is 5.11 Å². The Kier molecular flexibility index (Phi) is 5.52. The molecule has 1 aromatic carbocycles. The van der Waals surface area contributed by atoms with Gasteiger partial charge in [0.2, 0.25) is 0 Å². The average Bonchev–Trinajstić information content (AvgIpc) is 2.58. The minimum atomic E-state index is -0.565. The Bertz CT molecular complexity index is 394. The summed E-state index contributed by atoms with van der Waals surface area (Å²) in [7, 11) is 0. The highest BCUT2D eigenvalue weighted by molar-refractivity contribution is 6.35. The molecule has 0 unspecified atom stereocenters. The molecule has 0 aliphatic heterocycles. The topological polar surface area (TPSA) is 32.3 Å². The maximum absolute atomic E-state index is 10.5. The number of nitrogens with one attached hydrogen (secondary N) is 1. The molecule has 1 aliphatic rings. The molecule has 1 aromatic rings. The van der Waals surface area contributed by atoms with Gasteiger partial charge in [0.05, 0.1) is 5.60 Å². The van der Waals surface area contributed by atoms with Crippen LogP contribution in [0.4, 0.5) is 0 Å². The molecule has 2 nitrogen and oxygen atoms in total. The Morgan fingerprint density at radius 2 is 1.63 bits per heavy atom. The number of hydrogen-bond acceptors (Lipinski definition) is 2. The third-order valence-corrected chi connectivity index (χ3v) is 4.56. The number of halogens is 2. The van der Waals surface area contributed by atoms with Crippen LogP contribution < -0.4 is 5.32 Å². The zero-order chi connectivity index (χ0) is 13.7. The van der Waals surface area contributed by atoms with Crippen molar-refractivity contribution in [3.05, 3.63) is 33.8 Å². The molecule has 0 saturated heterocycles. The van der Waals surface area contributed by atoms with Crippen LogP contribution in [0.2, 0.25) is 10.0 Å². The first-order chi connectivity index (χ1) is 9.11. The molecule has 0 aromatic heterocycles. The van der Waals surface area contributed by atoms with Gasteiger partial charge in [0.25, 0.3) is 0 Å². The molecule has 0 heterocycles. The van der Waals surface area contributed by atoms with Crippen LogP contribution >= 0.6 is 23.2 Å². The molecule has 0 spiro atoms. The first kappa shape index (κ1) is 15.1. The highest BCUT2D eigenvalue weighted by Gasteiger charge is 2.27. The molecule has 4 heteroatoms. The average molecular weight is 302 g/mol. The Morgan fingerprint density at radius 1 is 1.05 bits per heavy atom. The van der Waals surface area contributed by atoms with Gasteiger partial charge in [-0.1, -0.05) is 55.0 Å². The Morgan fingerprint density at radius 3 is 2.21 bits per heavy atom. The molecule has 2 rings (SSSR count). The molecule has 2 N–H and O–H groups in total. The fraction of sp³-hybridized carbons (Fsp3) is 0.600. The molecule has 19 heavy (non-hydrogen) atoms. The Labute approximate surface area is 125 Å². The lowest BCUT2D eigenvalue weighted by molar-refractivity contribution is 0.0250. The van der Waals surface area contributed by atoms with Gasteiger partial charge in [-0.05, 0) is 25.0 Å². The first-order valence-electron chi connectivity index (χ1n) is 6.97. The minimum Gasteiger partial charge on any atom is -0.389 e. The largest absolute Gasteiger partial charge is 0.389 e.